The van der Waals surface area contributed by atoms with Gasteiger partial charge in [-0.1, -0.05) is 0 Å². The molecule has 0 aliphatic heterocycles. The van der Waals surface area contributed by atoms with E-state index in [1.54, 1.807) is 22.6 Å². The zero-order chi connectivity index (χ0) is 13.9. The van der Waals surface area contributed by atoms with Crippen molar-refractivity contribution in [1.29, 1.82) is 0 Å². The van der Waals surface area contributed by atoms with Crippen LogP contribution in [0.4, 0.5) is 13.2 Å². The molecule has 1 rings (SSSR count). The van der Waals surface area contributed by atoms with Crippen molar-refractivity contribution in [2.24, 2.45) is 5.73 Å². The van der Waals surface area contributed by atoms with Crippen molar-refractivity contribution in [3.63, 3.8) is 0 Å². The van der Waals surface area contributed by atoms with Gasteiger partial charge in [-0.15, -0.1) is 13.2 Å². The van der Waals surface area contributed by atoms with Crippen molar-refractivity contribution in [2.45, 2.75) is 12.9 Å². The van der Waals surface area contributed by atoms with Gasteiger partial charge < -0.3 is 15.2 Å². The standard InChI is InChI=1S/C9H8F3IN2O3/c1-17-8(16)4-2-6(18-9(10,11)12)7(13)15-5(4)3-14/h2H,3,14H2,1H3. The predicted molar refractivity (Wildman–Crippen MR) is 62.9 cm³/mol. The molecular formula is C9H8F3IN2O3. The maximum absolute atomic E-state index is 12.1. The van der Waals surface area contributed by atoms with Crippen LogP contribution in [0.2, 0.25) is 0 Å². The number of rotatable bonds is 3. The summed E-state index contributed by atoms with van der Waals surface area (Å²) in [6.07, 6.45) is -4.86. The number of aromatic nitrogens is 1. The number of esters is 1. The molecule has 5 nitrogen and oxygen atoms in total. The molecule has 0 saturated carbocycles. The molecular weight excluding hydrogens is 368 g/mol. The summed E-state index contributed by atoms with van der Waals surface area (Å²) in [6, 6.07) is 0.913. The number of carbonyl (C=O) groups is 1. The van der Waals surface area contributed by atoms with Crippen LogP contribution >= 0.6 is 22.6 Å². The van der Waals surface area contributed by atoms with Gasteiger partial charge in [0.15, 0.2) is 5.75 Å². The van der Waals surface area contributed by atoms with Crippen LogP contribution in [0.3, 0.4) is 0 Å². The molecule has 100 valence electrons. The summed E-state index contributed by atoms with van der Waals surface area (Å²) in [5, 5.41) is 0. The molecule has 0 bridgehead atoms. The zero-order valence-electron chi connectivity index (χ0n) is 9.05. The second-order valence-corrected chi connectivity index (χ2v) is 4.04. The van der Waals surface area contributed by atoms with Crippen molar-refractivity contribution in [2.75, 3.05) is 7.11 Å². The largest absolute Gasteiger partial charge is 0.573 e. The first-order chi connectivity index (χ1) is 8.28. The van der Waals surface area contributed by atoms with E-state index in [4.69, 9.17) is 5.73 Å². The Bertz CT molecular complexity index is 465. The highest BCUT2D eigenvalue weighted by Crippen LogP contribution is 2.28. The summed E-state index contributed by atoms with van der Waals surface area (Å²) in [6.45, 7) is -0.104. The van der Waals surface area contributed by atoms with Gasteiger partial charge in [-0.2, -0.15) is 0 Å². The van der Waals surface area contributed by atoms with E-state index in [1.807, 2.05) is 0 Å². The minimum atomic E-state index is -4.86. The van der Waals surface area contributed by atoms with Gasteiger partial charge in [-0.3, -0.25) is 0 Å². The highest BCUT2D eigenvalue weighted by molar-refractivity contribution is 14.1. The molecule has 0 aromatic carbocycles. The number of hydrogen-bond donors (Lipinski definition) is 1. The van der Waals surface area contributed by atoms with E-state index in [1.165, 1.54) is 0 Å². The van der Waals surface area contributed by atoms with Crippen molar-refractivity contribution in [3.05, 3.63) is 21.0 Å². The molecule has 0 radical (unpaired) electrons. The van der Waals surface area contributed by atoms with Crippen LogP contribution in [-0.4, -0.2) is 24.4 Å². The molecule has 0 aliphatic carbocycles. The number of carbonyl (C=O) groups excluding carboxylic acids is 1. The van der Waals surface area contributed by atoms with E-state index in [0.29, 0.717) is 0 Å². The number of hydrogen-bond acceptors (Lipinski definition) is 5. The van der Waals surface area contributed by atoms with E-state index in [0.717, 1.165) is 13.2 Å². The van der Waals surface area contributed by atoms with Crippen molar-refractivity contribution in [3.8, 4) is 5.75 Å². The molecule has 0 spiro atoms. The number of halogens is 4. The van der Waals surface area contributed by atoms with Crippen LogP contribution in [-0.2, 0) is 11.3 Å². The van der Waals surface area contributed by atoms with Crippen LogP contribution in [0, 0.1) is 3.70 Å². The zero-order valence-corrected chi connectivity index (χ0v) is 11.2. The first-order valence-electron chi connectivity index (χ1n) is 4.52. The molecule has 0 atom stereocenters. The van der Waals surface area contributed by atoms with Gasteiger partial charge >= 0.3 is 12.3 Å². The molecule has 1 heterocycles. The summed E-state index contributed by atoms with van der Waals surface area (Å²) >= 11 is 1.56. The fourth-order valence-electron chi connectivity index (χ4n) is 1.15. The third-order valence-electron chi connectivity index (χ3n) is 1.85. The predicted octanol–water partition coefficient (Wildman–Crippen LogP) is 1.83. The minimum absolute atomic E-state index is 0.0435. The molecule has 18 heavy (non-hydrogen) atoms. The van der Waals surface area contributed by atoms with Gasteiger partial charge in [0, 0.05) is 6.54 Å². The average molecular weight is 376 g/mol. The molecule has 0 unspecified atom stereocenters. The van der Waals surface area contributed by atoms with Crippen LogP contribution in [0.25, 0.3) is 0 Å². The van der Waals surface area contributed by atoms with E-state index < -0.39 is 18.1 Å². The average Bonchev–Trinajstić information content (AvgIpc) is 2.28. The van der Waals surface area contributed by atoms with E-state index >= 15 is 0 Å². The number of ether oxygens (including phenoxy) is 2. The summed E-state index contributed by atoms with van der Waals surface area (Å²) in [5.74, 6) is -1.40. The van der Waals surface area contributed by atoms with Crippen LogP contribution in [0.15, 0.2) is 6.07 Å². The Morgan fingerprint density at radius 2 is 2.17 bits per heavy atom. The molecule has 0 amide bonds. The monoisotopic (exact) mass is 376 g/mol. The third kappa shape index (κ3) is 3.70. The molecule has 9 heteroatoms. The quantitative estimate of drug-likeness (QED) is 0.495. The minimum Gasteiger partial charge on any atom is -0.465 e. The number of methoxy groups -OCH3 is 1. The lowest BCUT2D eigenvalue weighted by molar-refractivity contribution is -0.275. The number of alkyl halides is 3. The first kappa shape index (κ1) is 15.0. The summed E-state index contributed by atoms with van der Waals surface area (Å²) in [4.78, 5) is 15.1. The molecule has 0 saturated heterocycles. The van der Waals surface area contributed by atoms with Gasteiger partial charge in [0.2, 0.25) is 0 Å². The van der Waals surface area contributed by atoms with Crippen LogP contribution in [0.5, 0.6) is 5.75 Å². The Morgan fingerprint density at radius 3 is 2.61 bits per heavy atom. The van der Waals surface area contributed by atoms with Crippen molar-refractivity contribution >= 4 is 28.6 Å². The fourth-order valence-corrected chi connectivity index (χ4v) is 1.70. The number of nitrogens with two attached hydrogens (primary N) is 1. The summed E-state index contributed by atoms with van der Waals surface area (Å²) in [5.41, 5.74) is 5.34. The first-order valence-corrected chi connectivity index (χ1v) is 5.60. The Labute approximate surface area is 114 Å². The fraction of sp³-hybridized carbons (Fsp3) is 0.333. The SMILES string of the molecule is COC(=O)c1cc(OC(F)(F)F)c(I)nc1CN. The molecule has 1 aromatic rings. The maximum Gasteiger partial charge on any atom is 0.573 e. The normalized spacial score (nSPS) is 11.2. The van der Waals surface area contributed by atoms with Crippen molar-refractivity contribution < 1.29 is 27.4 Å². The lowest BCUT2D eigenvalue weighted by atomic mass is 10.2. The number of nitrogens with zero attached hydrogens (tertiary/aromatic N) is 1. The van der Waals surface area contributed by atoms with Crippen LogP contribution < -0.4 is 10.5 Å². The highest BCUT2D eigenvalue weighted by Gasteiger charge is 2.33. The Morgan fingerprint density at radius 1 is 1.56 bits per heavy atom. The maximum atomic E-state index is 12.1. The van der Waals surface area contributed by atoms with Crippen molar-refractivity contribution in [1.82, 2.24) is 4.98 Å². The lowest BCUT2D eigenvalue weighted by Gasteiger charge is -2.13. The summed E-state index contributed by atoms with van der Waals surface area (Å²) < 4.78 is 44.5. The second-order valence-electron chi connectivity index (χ2n) is 3.02. The second kappa shape index (κ2) is 5.69. The third-order valence-corrected chi connectivity index (χ3v) is 2.62. The molecule has 2 N–H and O–H groups in total. The lowest BCUT2D eigenvalue weighted by Crippen LogP contribution is -2.20. The van der Waals surface area contributed by atoms with Gasteiger partial charge in [-0.05, 0) is 28.7 Å². The van der Waals surface area contributed by atoms with E-state index in [2.05, 4.69) is 14.5 Å². The summed E-state index contributed by atoms with van der Waals surface area (Å²) in [7, 11) is 1.10. The Hall–Kier alpha value is -1.10. The van der Waals surface area contributed by atoms with Gasteiger partial charge in [-0.25, -0.2) is 9.78 Å². The van der Waals surface area contributed by atoms with Gasteiger partial charge in [0.05, 0.1) is 18.4 Å². The van der Waals surface area contributed by atoms with Gasteiger partial charge in [0.1, 0.15) is 3.70 Å². The van der Waals surface area contributed by atoms with Gasteiger partial charge in [0.25, 0.3) is 0 Å². The Kier molecular flexibility index (Phi) is 4.73. The Balaban J connectivity index is 3.25. The van der Waals surface area contributed by atoms with E-state index in [9.17, 15) is 18.0 Å². The van der Waals surface area contributed by atoms with E-state index in [-0.39, 0.29) is 21.5 Å². The topological polar surface area (TPSA) is 74.4 Å². The molecule has 0 aliphatic rings. The molecule has 0 fully saturated rings. The number of pyridine rings is 1. The smallest absolute Gasteiger partial charge is 0.465 e. The molecule has 1 aromatic heterocycles. The van der Waals surface area contributed by atoms with Crippen LogP contribution in [0.1, 0.15) is 16.1 Å². The highest BCUT2D eigenvalue weighted by atomic mass is 127.